The topological polar surface area (TPSA) is 78.4 Å². The number of hydrogen-bond donors (Lipinski definition) is 2. The van der Waals surface area contributed by atoms with Gasteiger partial charge in [0.1, 0.15) is 11.5 Å². The monoisotopic (exact) mass is 405 g/mol. The molecule has 2 rings (SSSR count). The number of carbonyl (C=O) groups is 1. The average Bonchev–Trinajstić information content (AvgIpc) is 2.68. The smallest absolute Gasteiger partial charge is 0.239 e. The van der Waals surface area contributed by atoms with E-state index in [2.05, 4.69) is 25.4 Å². The first-order valence-electron chi connectivity index (χ1n) is 9.95. The molecule has 1 fully saturated rings. The van der Waals surface area contributed by atoms with Crippen molar-refractivity contribution in [2.75, 3.05) is 54.0 Å². The second-order valence-electron chi connectivity index (χ2n) is 8.14. The van der Waals surface area contributed by atoms with Crippen LogP contribution in [0.1, 0.15) is 26.3 Å². The number of piperazine rings is 1. The molecule has 0 unspecified atom stereocenters. The van der Waals surface area contributed by atoms with Gasteiger partial charge in [-0.1, -0.05) is 0 Å². The lowest BCUT2D eigenvalue weighted by Crippen LogP contribution is -2.54. The van der Waals surface area contributed by atoms with Gasteiger partial charge in [0.25, 0.3) is 0 Å². The highest BCUT2D eigenvalue weighted by Crippen LogP contribution is 2.25. The highest BCUT2D eigenvalue weighted by molar-refractivity contribution is 5.86. The predicted molar refractivity (Wildman–Crippen MR) is 116 cm³/mol. The Labute approximate surface area is 174 Å². The summed E-state index contributed by atoms with van der Waals surface area (Å²) in [6.07, 6.45) is 0. The largest absolute Gasteiger partial charge is 0.497 e. The Morgan fingerprint density at radius 1 is 1.14 bits per heavy atom. The Bertz CT molecular complexity index is 707. The molecule has 0 aromatic heterocycles. The number of carbonyl (C=O) groups excluding carboxylic acids is 1. The zero-order valence-corrected chi connectivity index (χ0v) is 18.5. The maximum atomic E-state index is 12.1. The SMILES string of the molecule is CN=C(NCC(=O)NC(C)(C)C)N1CCN(Cc2cc(OC)ccc2OC)CC1. The van der Waals surface area contributed by atoms with Gasteiger partial charge in [0, 0.05) is 50.9 Å². The molecule has 0 aliphatic carbocycles. The first kappa shape index (κ1) is 22.8. The average molecular weight is 406 g/mol. The fourth-order valence-electron chi connectivity index (χ4n) is 3.32. The molecule has 0 radical (unpaired) electrons. The molecule has 8 heteroatoms. The minimum absolute atomic E-state index is 0.0394. The highest BCUT2D eigenvalue weighted by atomic mass is 16.5. The van der Waals surface area contributed by atoms with Crippen LogP contribution in [0.2, 0.25) is 0 Å². The normalized spacial score (nSPS) is 15.8. The molecule has 1 aliphatic rings. The van der Waals surface area contributed by atoms with E-state index in [9.17, 15) is 4.79 Å². The van der Waals surface area contributed by atoms with Crippen LogP contribution in [0.15, 0.2) is 23.2 Å². The number of benzene rings is 1. The summed E-state index contributed by atoms with van der Waals surface area (Å²) in [7, 11) is 5.11. The molecule has 1 saturated heterocycles. The predicted octanol–water partition coefficient (Wildman–Crippen LogP) is 1.31. The molecular weight excluding hydrogens is 370 g/mol. The van der Waals surface area contributed by atoms with Gasteiger partial charge < -0.3 is 25.0 Å². The van der Waals surface area contributed by atoms with Crippen molar-refractivity contribution >= 4 is 11.9 Å². The lowest BCUT2D eigenvalue weighted by atomic mass is 10.1. The van der Waals surface area contributed by atoms with E-state index in [0.29, 0.717) is 0 Å². The van der Waals surface area contributed by atoms with Crippen LogP contribution in [0.4, 0.5) is 0 Å². The first-order chi connectivity index (χ1) is 13.8. The molecule has 0 atom stereocenters. The molecule has 0 spiro atoms. The fourth-order valence-corrected chi connectivity index (χ4v) is 3.32. The summed E-state index contributed by atoms with van der Waals surface area (Å²) < 4.78 is 10.8. The van der Waals surface area contributed by atoms with Crippen molar-refractivity contribution in [1.29, 1.82) is 0 Å². The molecule has 8 nitrogen and oxygen atoms in total. The van der Waals surface area contributed by atoms with Gasteiger partial charge in [-0.05, 0) is 39.0 Å². The number of rotatable bonds is 6. The van der Waals surface area contributed by atoms with Gasteiger partial charge in [-0.2, -0.15) is 0 Å². The van der Waals surface area contributed by atoms with Crippen LogP contribution < -0.4 is 20.1 Å². The first-order valence-corrected chi connectivity index (χ1v) is 9.95. The number of nitrogens with zero attached hydrogens (tertiary/aromatic N) is 3. The van der Waals surface area contributed by atoms with Crippen LogP contribution in [0, 0.1) is 0 Å². The fraction of sp³-hybridized carbons (Fsp3) is 0.619. The Balaban J connectivity index is 1.87. The number of nitrogens with one attached hydrogen (secondary N) is 2. The van der Waals surface area contributed by atoms with E-state index in [0.717, 1.165) is 55.7 Å². The van der Waals surface area contributed by atoms with Crippen molar-refractivity contribution < 1.29 is 14.3 Å². The van der Waals surface area contributed by atoms with Crippen molar-refractivity contribution in [3.63, 3.8) is 0 Å². The number of guanidine groups is 1. The molecule has 0 saturated carbocycles. The van der Waals surface area contributed by atoms with Crippen molar-refractivity contribution in [3.8, 4) is 11.5 Å². The van der Waals surface area contributed by atoms with Gasteiger partial charge in [0.15, 0.2) is 5.96 Å². The van der Waals surface area contributed by atoms with Gasteiger partial charge in [0.05, 0.1) is 20.8 Å². The standard InChI is InChI=1S/C21H35N5O3/c1-21(2,3)24-19(27)14-23-20(22-4)26-11-9-25(10-12-26)15-16-13-17(28-5)7-8-18(16)29-6/h7-8,13H,9-12,14-15H2,1-6H3,(H,22,23)(H,24,27). The molecule has 1 aromatic carbocycles. The van der Waals surface area contributed by atoms with Crippen LogP contribution in [0.5, 0.6) is 11.5 Å². The molecule has 1 aromatic rings. The van der Waals surface area contributed by atoms with Crippen LogP contribution in [-0.4, -0.2) is 81.2 Å². The molecular formula is C21H35N5O3. The summed E-state index contributed by atoms with van der Waals surface area (Å²) in [5.41, 5.74) is 0.872. The van der Waals surface area contributed by atoms with Gasteiger partial charge in [-0.3, -0.25) is 14.7 Å². The zero-order valence-electron chi connectivity index (χ0n) is 18.5. The third-order valence-corrected chi connectivity index (χ3v) is 4.69. The number of hydrogen-bond acceptors (Lipinski definition) is 5. The Kier molecular flexibility index (Phi) is 8.13. The second-order valence-corrected chi connectivity index (χ2v) is 8.14. The second kappa shape index (κ2) is 10.3. The summed E-state index contributed by atoms with van der Waals surface area (Å²) >= 11 is 0. The van der Waals surface area contributed by atoms with Crippen LogP contribution in [-0.2, 0) is 11.3 Å². The summed E-state index contributed by atoms with van der Waals surface area (Å²) in [6, 6.07) is 5.88. The third kappa shape index (κ3) is 7.12. The molecule has 2 N–H and O–H groups in total. The van der Waals surface area contributed by atoms with E-state index in [1.54, 1.807) is 21.3 Å². The van der Waals surface area contributed by atoms with E-state index < -0.39 is 0 Å². The Morgan fingerprint density at radius 2 is 1.83 bits per heavy atom. The quantitative estimate of drug-likeness (QED) is 0.549. The molecule has 162 valence electrons. The number of ether oxygens (including phenoxy) is 2. The molecule has 0 bridgehead atoms. The van der Waals surface area contributed by atoms with Crippen LogP contribution >= 0.6 is 0 Å². The van der Waals surface area contributed by atoms with E-state index in [4.69, 9.17) is 9.47 Å². The number of amides is 1. The maximum Gasteiger partial charge on any atom is 0.239 e. The van der Waals surface area contributed by atoms with Crippen molar-refractivity contribution in [2.24, 2.45) is 4.99 Å². The van der Waals surface area contributed by atoms with Crippen LogP contribution in [0.25, 0.3) is 0 Å². The van der Waals surface area contributed by atoms with Crippen molar-refractivity contribution in [2.45, 2.75) is 32.9 Å². The summed E-state index contributed by atoms with van der Waals surface area (Å²) in [5.74, 6) is 2.42. The minimum Gasteiger partial charge on any atom is -0.497 e. The van der Waals surface area contributed by atoms with Gasteiger partial charge in [-0.25, -0.2) is 0 Å². The lowest BCUT2D eigenvalue weighted by molar-refractivity contribution is -0.121. The van der Waals surface area contributed by atoms with Gasteiger partial charge >= 0.3 is 0 Å². The van der Waals surface area contributed by atoms with Gasteiger partial charge in [0.2, 0.25) is 5.91 Å². The maximum absolute atomic E-state index is 12.1. The summed E-state index contributed by atoms with van der Waals surface area (Å²) in [4.78, 5) is 21.0. The van der Waals surface area contributed by atoms with Crippen molar-refractivity contribution in [3.05, 3.63) is 23.8 Å². The van der Waals surface area contributed by atoms with E-state index in [1.165, 1.54) is 0 Å². The van der Waals surface area contributed by atoms with Crippen molar-refractivity contribution in [1.82, 2.24) is 20.4 Å². The summed E-state index contributed by atoms with van der Waals surface area (Å²) in [5, 5.41) is 6.12. The summed E-state index contributed by atoms with van der Waals surface area (Å²) in [6.45, 7) is 10.4. The highest BCUT2D eigenvalue weighted by Gasteiger charge is 2.21. The van der Waals surface area contributed by atoms with E-state index in [1.807, 2.05) is 39.0 Å². The molecule has 29 heavy (non-hydrogen) atoms. The lowest BCUT2D eigenvalue weighted by Gasteiger charge is -2.36. The third-order valence-electron chi connectivity index (χ3n) is 4.69. The number of aliphatic imine (C=N–C) groups is 1. The van der Waals surface area contributed by atoms with Crippen LogP contribution in [0.3, 0.4) is 0 Å². The molecule has 1 aliphatic heterocycles. The Hall–Kier alpha value is -2.48. The molecule has 1 heterocycles. The van der Waals surface area contributed by atoms with E-state index >= 15 is 0 Å². The van der Waals surface area contributed by atoms with Gasteiger partial charge in [-0.15, -0.1) is 0 Å². The number of methoxy groups -OCH3 is 2. The zero-order chi connectivity index (χ0) is 21.4. The molecule has 1 amide bonds. The Morgan fingerprint density at radius 3 is 2.38 bits per heavy atom. The minimum atomic E-state index is -0.241. The van der Waals surface area contributed by atoms with E-state index in [-0.39, 0.29) is 18.0 Å².